The lowest BCUT2D eigenvalue weighted by Gasteiger charge is -2.45. The Bertz CT molecular complexity index is 560. The van der Waals surface area contributed by atoms with Crippen LogP contribution in [0.25, 0.3) is 0 Å². The van der Waals surface area contributed by atoms with Gasteiger partial charge in [-0.2, -0.15) is 0 Å². The highest BCUT2D eigenvalue weighted by Crippen LogP contribution is 2.41. The Morgan fingerprint density at radius 1 is 1.43 bits per heavy atom. The minimum atomic E-state index is -0.0405. The zero-order chi connectivity index (χ0) is 15.0. The zero-order valence-electron chi connectivity index (χ0n) is 12.6. The topological polar surface area (TPSA) is 50.9 Å². The maximum Gasteiger partial charge on any atom is 0.196 e. The summed E-state index contributed by atoms with van der Waals surface area (Å²) in [7, 11) is 0. The number of ether oxygens (including phenoxy) is 1. The van der Waals surface area contributed by atoms with Gasteiger partial charge in [0, 0.05) is 11.1 Å². The number of nitrogens with two attached hydrogens (primary N) is 1. The van der Waals surface area contributed by atoms with Crippen molar-refractivity contribution in [2.75, 3.05) is 18.1 Å². The number of para-hydroxylation sites is 1. The van der Waals surface area contributed by atoms with Crippen molar-refractivity contribution in [1.82, 2.24) is 0 Å². The second-order valence-corrected chi connectivity index (χ2v) is 7.15. The fourth-order valence-electron chi connectivity index (χ4n) is 3.34. The predicted molar refractivity (Wildman–Crippen MR) is 89.7 cm³/mol. The Labute approximate surface area is 134 Å². The average molecular weight is 352 g/mol. The highest BCUT2D eigenvalue weighted by molar-refractivity contribution is 9.10. The van der Waals surface area contributed by atoms with Crippen LogP contribution < -0.4 is 10.6 Å². The second-order valence-electron chi connectivity index (χ2n) is 6.29. The van der Waals surface area contributed by atoms with Crippen molar-refractivity contribution in [3.8, 4) is 0 Å². The van der Waals surface area contributed by atoms with Gasteiger partial charge in [0.2, 0.25) is 0 Å². The molecule has 1 spiro atoms. The molecule has 2 heterocycles. The Morgan fingerprint density at radius 2 is 2.19 bits per heavy atom. The summed E-state index contributed by atoms with van der Waals surface area (Å²) in [6.45, 7) is 5.95. The molecule has 1 fully saturated rings. The number of rotatable bonds is 2. The van der Waals surface area contributed by atoms with E-state index in [1.54, 1.807) is 0 Å². The minimum absolute atomic E-state index is 0.0405. The monoisotopic (exact) mass is 351 g/mol. The van der Waals surface area contributed by atoms with Crippen molar-refractivity contribution >= 4 is 27.6 Å². The van der Waals surface area contributed by atoms with Gasteiger partial charge in [-0.15, -0.1) is 0 Å². The Kier molecular flexibility index (Phi) is 3.97. The minimum Gasteiger partial charge on any atom is -0.378 e. The standard InChI is InChI=1S/C16H22BrN3O/c1-11(2)14-9-16(7-8-21-14)10-19-15(18)20(16)13-6-4-3-5-12(13)17/h3-6,11,14H,7-10H2,1-2H3,(H2,18,19). The molecule has 2 unspecified atom stereocenters. The van der Waals surface area contributed by atoms with Crippen LogP contribution in [0.5, 0.6) is 0 Å². The van der Waals surface area contributed by atoms with E-state index in [0.717, 1.165) is 36.2 Å². The van der Waals surface area contributed by atoms with Gasteiger partial charge in [0.05, 0.1) is 23.9 Å². The van der Waals surface area contributed by atoms with Crippen molar-refractivity contribution in [1.29, 1.82) is 0 Å². The van der Waals surface area contributed by atoms with E-state index >= 15 is 0 Å². The lowest BCUT2D eigenvalue weighted by Crippen LogP contribution is -2.57. The Balaban J connectivity index is 1.97. The normalized spacial score (nSPS) is 29.2. The largest absolute Gasteiger partial charge is 0.378 e. The predicted octanol–water partition coefficient (Wildman–Crippen LogP) is 3.16. The molecule has 0 aromatic heterocycles. The molecular formula is C16H22BrN3O. The molecule has 1 aromatic carbocycles. The number of anilines is 1. The molecule has 5 heteroatoms. The van der Waals surface area contributed by atoms with Crippen molar-refractivity contribution in [2.24, 2.45) is 16.6 Å². The summed E-state index contributed by atoms with van der Waals surface area (Å²) in [5, 5.41) is 0. The van der Waals surface area contributed by atoms with E-state index in [-0.39, 0.29) is 11.6 Å². The van der Waals surface area contributed by atoms with E-state index in [0.29, 0.717) is 11.9 Å². The fraction of sp³-hybridized carbons (Fsp3) is 0.562. The van der Waals surface area contributed by atoms with Gasteiger partial charge in [-0.05, 0) is 46.8 Å². The third-order valence-electron chi connectivity index (χ3n) is 4.56. The molecule has 2 aliphatic heterocycles. The zero-order valence-corrected chi connectivity index (χ0v) is 14.1. The molecule has 0 radical (unpaired) electrons. The first kappa shape index (κ1) is 14.9. The number of hydrogen-bond acceptors (Lipinski definition) is 4. The SMILES string of the molecule is CC(C)C1CC2(CCO1)CN=C(N)N2c1ccccc1Br. The van der Waals surface area contributed by atoms with Gasteiger partial charge in [-0.25, -0.2) is 0 Å². The van der Waals surface area contributed by atoms with E-state index in [2.05, 4.69) is 45.7 Å². The Morgan fingerprint density at radius 3 is 2.90 bits per heavy atom. The smallest absolute Gasteiger partial charge is 0.196 e. The van der Waals surface area contributed by atoms with Gasteiger partial charge in [0.25, 0.3) is 0 Å². The third kappa shape index (κ3) is 2.57. The molecule has 2 atom stereocenters. The molecule has 0 bridgehead atoms. The second kappa shape index (κ2) is 5.61. The van der Waals surface area contributed by atoms with Crippen molar-refractivity contribution in [3.05, 3.63) is 28.7 Å². The van der Waals surface area contributed by atoms with Gasteiger partial charge >= 0.3 is 0 Å². The molecular weight excluding hydrogens is 330 g/mol. The first-order valence-electron chi connectivity index (χ1n) is 7.50. The molecule has 0 amide bonds. The van der Waals surface area contributed by atoms with E-state index in [4.69, 9.17) is 10.5 Å². The van der Waals surface area contributed by atoms with Crippen molar-refractivity contribution < 1.29 is 4.74 Å². The quantitative estimate of drug-likeness (QED) is 0.890. The number of benzene rings is 1. The van der Waals surface area contributed by atoms with Crippen LogP contribution in [-0.4, -0.2) is 30.8 Å². The van der Waals surface area contributed by atoms with E-state index in [1.807, 2.05) is 18.2 Å². The number of nitrogens with zero attached hydrogens (tertiary/aromatic N) is 2. The summed E-state index contributed by atoms with van der Waals surface area (Å²) >= 11 is 3.64. The number of hydrogen-bond donors (Lipinski definition) is 1. The lowest BCUT2D eigenvalue weighted by atomic mass is 9.82. The number of aliphatic imine (C=N–C) groups is 1. The number of halogens is 1. The van der Waals surface area contributed by atoms with Crippen LogP contribution in [0.4, 0.5) is 5.69 Å². The van der Waals surface area contributed by atoms with Gasteiger partial charge in [-0.1, -0.05) is 26.0 Å². The van der Waals surface area contributed by atoms with E-state index in [1.165, 1.54) is 0 Å². The van der Waals surface area contributed by atoms with Gasteiger partial charge in [-0.3, -0.25) is 4.99 Å². The maximum absolute atomic E-state index is 6.22. The fourth-order valence-corrected chi connectivity index (χ4v) is 3.80. The summed E-state index contributed by atoms with van der Waals surface area (Å²) in [6, 6.07) is 8.20. The molecule has 21 heavy (non-hydrogen) atoms. The van der Waals surface area contributed by atoms with Crippen LogP contribution in [0.2, 0.25) is 0 Å². The molecule has 2 aliphatic rings. The van der Waals surface area contributed by atoms with Crippen LogP contribution in [0.15, 0.2) is 33.7 Å². The molecule has 4 nitrogen and oxygen atoms in total. The molecule has 2 N–H and O–H groups in total. The van der Waals surface area contributed by atoms with Gasteiger partial charge in [0.15, 0.2) is 5.96 Å². The molecule has 1 saturated heterocycles. The van der Waals surface area contributed by atoms with Gasteiger partial charge in [0.1, 0.15) is 0 Å². The maximum atomic E-state index is 6.22. The molecule has 114 valence electrons. The van der Waals surface area contributed by atoms with Crippen LogP contribution >= 0.6 is 15.9 Å². The summed E-state index contributed by atoms with van der Waals surface area (Å²) in [6.07, 6.45) is 2.20. The number of guanidine groups is 1. The highest BCUT2D eigenvalue weighted by atomic mass is 79.9. The van der Waals surface area contributed by atoms with Crippen LogP contribution in [0.1, 0.15) is 26.7 Å². The van der Waals surface area contributed by atoms with Crippen LogP contribution in [0, 0.1) is 5.92 Å². The van der Waals surface area contributed by atoms with E-state index < -0.39 is 0 Å². The molecule has 0 aliphatic carbocycles. The Hall–Kier alpha value is -1.07. The first-order valence-corrected chi connectivity index (χ1v) is 8.29. The molecule has 0 saturated carbocycles. The summed E-state index contributed by atoms with van der Waals surface area (Å²) in [5.74, 6) is 1.12. The first-order chi connectivity index (χ1) is 10.0. The summed E-state index contributed by atoms with van der Waals surface area (Å²) in [5.41, 5.74) is 7.28. The molecule has 3 rings (SSSR count). The molecule has 1 aromatic rings. The van der Waals surface area contributed by atoms with Crippen LogP contribution in [-0.2, 0) is 4.74 Å². The lowest BCUT2D eigenvalue weighted by molar-refractivity contribution is -0.0380. The van der Waals surface area contributed by atoms with Crippen molar-refractivity contribution in [3.63, 3.8) is 0 Å². The highest BCUT2D eigenvalue weighted by Gasteiger charge is 2.47. The van der Waals surface area contributed by atoms with Gasteiger partial charge < -0.3 is 15.4 Å². The van der Waals surface area contributed by atoms with Crippen molar-refractivity contribution in [2.45, 2.75) is 38.3 Å². The third-order valence-corrected chi connectivity index (χ3v) is 5.23. The summed E-state index contributed by atoms with van der Waals surface area (Å²) < 4.78 is 7.00. The van der Waals surface area contributed by atoms with Crippen LogP contribution in [0.3, 0.4) is 0 Å². The van der Waals surface area contributed by atoms with E-state index in [9.17, 15) is 0 Å². The average Bonchev–Trinajstić information content (AvgIpc) is 2.76. The summed E-state index contributed by atoms with van der Waals surface area (Å²) in [4.78, 5) is 6.77.